The van der Waals surface area contributed by atoms with Crippen molar-refractivity contribution in [3.63, 3.8) is 0 Å². The van der Waals surface area contributed by atoms with Gasteiger partial charge in [0.05, 0.1) is 0 Å². The fourth-order valence-corrected chi connectivity index (χ4v) is 3.62. The molecule has 0 N–H and O–H groups in total. The summed E-state index contributed by atoms with van der Waals surface area (Å²) in [6.07, 6.45) is 0.761. The fourth-order valence-electron chi connectivity index (χ4n) is 2.25. The second-order valence-corrected chi connectivity index (χ2v) is 6.69. The Bertz CT molecular complexity index is 562. The number of benzene rings is 2. The zero-order valence-electron chi connectivity index (χ0n) is 10.8. The van der Waals surface area contributed by atoms with Crippen LogP contribution in [-0.2, 0) is 11.8 Å². The standard InChI is InChI=1S/C16H14BrCl3/c17-13-7-5-12(6-8-13)9-16(10-18,11-19)14-3-1-2-4-15(14)20/h1-8H,9-11H2. The number of hydrogen-bond donors (Lipinski definition) is 0. The van der Waals surface area contributed by atoms with Crippen LogP contribution in [0.25, 0.3) is 0 Å². The van der Waals surface area contributed by atoms with E-state index in [1.165, 1.54) is 5.56 Å². The monoisotopic (exact) mass is 390 g/mol. The van der Waals surface area contributed by atoms with Gasteiger partial charge in [0, 0.05) is 26.7 Å². The molecule has 0 aliphatic rings. The Balaban J connectivity index is 2.39. The summed E-state index contributed by atoms with van der Waals surface area (Å²) < 4.78 is 1.06. The summed E-state index contributed by atoms with van der Waals surface area (Å²) >= 11 is 22.3. The lowest BCUT2D eigenvalue weighted by molar-refractivity contribution is 0.536. The van der Waals surface area contributed by atoms with E-state index in [4.69, 9.17) is 34.8 Å². The van der Waals surface area contributed by atoms with Crippen LogP contribution in [0.1, 0.15) is 11.1 Å². The maximum absolute atomic E-state index is 6.33. The van der Waals surface area contributed by atoms with Gasteiger partial charge in [0.2, 0.25) is 0 Å². The van der Waals surface area contributed by atoms with Gasteiger partial charge in [0.1, 0.15) is 0 Å². The maximum atomic E-state index is 6.33. The Hall–Kier alpha value is -0.210. The van der Waals surface area contributed by atoms with Crippen molar-refractivity contribution >= 4 is 50.7 Å². The quantitative estimate of drug-likeness (QED) is 0.543. The van der Waals surface area contributed by atoms with Crippen LogP contribution in [0.15, 0.2) is 53.0 Å². The maximum Gasteiger partial charge on any atom is 0.0444 e. The van der Waals surface area contributed by atoms with Crippen molar-refractivity contribution in [2.75, 3.05) is 11.8 Å². The van der Waals surface area contributed by atoms with Crippen molar-refractivity contribution in [3.05, 3.63) is 69.2 Å². The summed E-state index contributed by atoms with van der Waals surface area (Å²) in [7, 11) is 0. The van der Waals surface area contributed by atoms with Crippen LogP contribution in [0.5, 0.6) is 0 Å². The third-order valence-electron chi connectivity index (χ3n) is 3.41. The van der Waals surface area contributed by atoms with Gasteiger partial charge in [-0.05, 0) is 35.7 Å². The molecule has 4 heteroatoms. The van der Waals surface area contributed by atoms with Crippen LogP contribution < -0.4 is 0 Å². The van der Waals surface area contributed by atoms with E-state index in [1.807, 2.05) is 36.4 Å². The summed E-state index contributed by atoms with van der Waals surface area (Å²) in [5, 5.41) is 0.714. The molecule has 0 atom stereocenters. The zero-order chi connectivity index (χ0) is 14.6. The van der Waals surface area contributed by atoms with Gasteiger partial charge in [-0.2, -0.15) is 0 Å². The summed E-state index contributed by atoms with van der Waals surface area (Å²) in [5.41, 5.74) is 1.85. The summed E-state index contributed by atoms with van der Waals surface area (Å²) in [5.74, 6) is 0.854. The van der Waals surface area contributed by atoms with Gasteiger partial charge in [0.25, 0.3) is 0 Å². The van der Waals surface area contributed by atoms with Gasteiger partial charge >= 0.3 is 0 Å². The summed E-state index contributed by atoms with van der Waals surface area (Å²) in [6, 6.07) is 16.0. The molecule has 0 saturated carbocycles. The van der Waals surface area contributed by atoms with E-state index in [0.717, 1.165) is 16.5 Å². The van der Waals surface area contributed by atoms with Crippen molar-refractivity contribution < 1.29 is 0 Å². The second kappa shape index (κ2) is 7.17. The van der Waals surface area contributed by atoms with Crippen LogP contribution in [0, 0.1) is 0 Å². The molecule has 2 aromatic carbocycles. The SMILES string of the molecule is ClCC(CCl)(Cc1ccc(Br)cc1)c1ccccc1Cl. The Morgan fingerprint density at radius 1 is 0.900 bits per heavy atom. The lowest BCUT2D eigenvalue weighted by atomic mass is 9.78. The van der Waals surface area contributed by atoms with Gasteiger partial charge in [0.15, 0.2) is 0 Å². The van der Waals surface area contributed by atoms with E-state index in [2.05, 4.69) is 28.1 Å². The predicted octanol–water partition coefficient (Wildman–Crippen LogP) is 6.06. The van der Waals surface area contributed by atoms with E-state index < -0.39 is 0 Å². The molecule has 0 heterocycles. The first-order valence-electron chi connectivity index (χ1n) is 6.23. The number of halogens is 4. The highest BCUT2D eigenvalue weighted by Gasteiger charge is 2.32. The smallest absolute Gasteiger partial charge is 0.0444 e. The third kappa shape index (κ3) is 3.51. The Labute approximate surface area is 143 Å². The van der Waals surface area contributed by atoms with Crippen molar-refractivity contribution in [2.24, 2.45) is 0 Å². The molecule has 0 unspecified atom stereocenters. The molecule has 0 aliphatic heterocycles. The van der Waals surface area contributed by atoms with Crippen LogP contribution in [-0.4, -0.2) is 11.8 Å². The second-order valence-electron chi connectivity index (χ2n) is 4.83. The van der Waals surface area contributed by atoms with Gasteiger partial charge in [-0.1, -0.05) is 57.9 Å². The van der Waals surface area contributed by atoms with Crippen LogP contribution >= 0.6 is 50.7 Å². The highest BCUT2D eigenvalue weighted by atomic mass is 79.9. The molecular weight excluding hydrogens is 378 g/mol. The Morgan fingerprint density at radius 2 is 1.50 bits per heavy atom. The molecule has 0 fully saturated rings. The number of rotatable bonds is 5. The molecule has 2 aromatic rings. The molecule has 0 spiro atoms. The van der Waals surface area contributed by atoms with Crippen LogP contribution in [0.4, 0.5) is 0 Å². The Kier molecular flexibility index (Phi) is 5.80. The first-order chi connectivity index (χ1) is 9.61. The molecule has 106 valence electrons. The highest BCUT2D eigenvalue weighted by molar-refractivity contribution is 9.10. The molecule has 0 aromatic heterocycles. The van der Waals surface area contributed by atoms with Crippen LogP contribution in [0.2, 0.25) is 5.02 Å². The number of hydrogen-bond acceptors (Lipinski definition) is 0. The minimum absolute atomic E-state index is 0.352. The molecule has 0 saturated heterocycles. The van der Waals surface area contributed by atoms with Crippen molar-refractivity contribution in [3.8, 4) is 0 Å². The van der Waals surface area contributed by atoms with E-state index >= 15 is 0 Å². The Morgan fingerprint density at radius 3 is 2.05 bits per heavy atom. The van der Waals surface area contributed by atoms with Crippen LogP contribution in [0.3, 0.4) is 0 Å². The molecule has 0 bridgehead atoms. The predicted molar refractivity (Wildman–Crippen MR) is 92.4 cm³/mol. The van der Waals surface area contributed by atoms with E-state index in [0.29, 0.717) is 16.8 Å². The average Bonchev–Trinajstić information content (AvgIpc) is 2.48. The molecular formula is C16H14BrCl3. The van der Waals surface area contributed by atoms with Crippen molar-refractivity contribution in [1.82, 2.24) is 0 Å². The normalized spacial score (nSPS) is 11.6. The zero-order valence-corrected chi connectivity index (χ0v) is 14.6. The molecule has 0 amide bonds. The highest BCUT2D eigenvalue weighted by Crippen LogP contribution is 2.36. The molecule has 2 rings (SSSR count). The van der Waals surface area contributed by atoms with Gasteiger partial charge in [-0.25, -0.2) is 0 Å². The molecule has 0 aliphatic carbocycles. The van der Waals surface area contributed by atoms with E-state index in [1.54, 1.807) is 0 Å². The van der Waals surface area contributed by atoms with E-state index in [-0.39, 0.29) is 5.41 Å². The van der Waals surface area contributed by atoms with Gasteiger partial charge in [-0.3, -0.25) is 0 Å². The molecule has 20 heavy (non-hydrogen) atoms. The number of alkyl halides is 2. The summed E-state index contributed by atoms with van der Waals surface area (Å²) in [6.45, 7) is 0. The topological polar surface area (TPSA) is 0 Å². The van der Waals surface area contributed by atoms with Crippen molar-refractivity contribution in [2.45, 2.75) is 11.8 Å². The van der Waals surface area contributed by atoms with Gasteiger partial charge < -0.3 is 0 Å². The first kappa shape index (κ1) is 16.2. The minimum atomic E-state index is -0.352. The minimum Gasteiger partial charge on any atom is -0.126 e. The van der Waals surface area contributed by atoms with Crippen molar-refractivity contribution in [1.29, 1.82) is 0 Å². The third-order valence-corrected chi connectivity index (χ3v) is 5.29. The average molecular weight is 393 g/mol. The first-order valence-corrected chi connectivity index (χ1v) is 8.47. The lowest BCUT2D eigenvalue weighted by Crippen LogP contribution is -2.33. The molecule has 0 radical (unpaired) electrons. The largest absolute Gasteiger partial charge is 0.126 e. The fraction of sp³-hybridized carbons (Fsp3) is 0.250. The summed E-state index contributed by atoms with van der Waals surface area (Å²) in [4.78, 5) is 0. The molecule has 0 nitrogen and oxygen atoms in total. The lowest BCUT2D eigenvalue weighted by Gasteiger charge is -2.31. The van der Waals surface area contributed by atoms with E-state index in [9.17, 15) is 0 Å². The van der Waals surface area contributed by atoms with Gasteiger partial charge in [-0.15, -0.1) is 23.2 Å².